The van der Waals surface area contributed by atoms with E-state index in [0.717, 1.165) is 11.8 Å². The molecule has 0 bridgehead atoms. The molecule has 24 heavy (non-hydrogen) atoms. The Kier molecular flexibility index (Phi) is 4.61. The molecule has 5 heteroatoms. The number of carbonyl (C=O) groups excluding carboxylic acids is 2. The van der Waals surface area contributed by atoms with Crippen molar-refractivity contribution in [1.29, 1.82) is 0 Å². The fraction of sp³-hybridized carbons (Fsp3) is 0.158. The van der Waals surface area contributed by atoms with Gasteiger partial charge in [-0.2, -0.15) is 0 Å². The van der Waals surface area contributed by atoms with E-state index < -0.39 is 0 Å². The van der Waals surface area contributed by atoms with Gasteiger partial charge in [0.15, 0.2) is 5.76 Å². The maximum atomic E-state index is 12.2. The van der Waals surface area contributed by atoms with Crippen LogP contribution < -0.4 is 5.32 Å². The van der Waals surface area contributed by atoms with Crippen LogP contribution in [-0.2, 0) is 4.74 Å². The second-order valence-corrected chi connectivity index (χ2v) is 5.32. The SMILES string of the molecule is CCCOC(=O)c1ccc(NC(=O)c2cc3ccccc3o2)cc1. The third-order valence-electron chi connectivity index (χ3n) is 3.47. The minimum Gasteiger partial charge on any atom is -0.462 e. The van der Waals surface area contributed by atoms with Crippen molar-refractivity contribution in [1.82, 2.24) is 0 Å². The highest BCUT2D eigenvalue weighted by Crippen LogP contribution is 2.20. The molecule has 0 aliphatic rings. The van der Waals surface area contributed by atoms with Crippen LogP contribution in [0.3, 0.4) is 0 Å². The molecule has 1 amide bonds. The van der Waals surface area contributed by atoms with Gasteiger partial charge < -0.3 is 14.5 Å². The second-order valence-electron chi connectivity index (χ2n) is 5.32. The molecule has 3 aromatic rings. The first kappa shape index (κ1) is 15.8. The number of amides is 1. The molecule has 0 atom stereocenters. The average molecular weight is 323 g/mol. The lowest BCUT2D eigenvalue weighted by Crippen LogP contribution is -2.11. The van der Waals surface area contributed by atoms with Gasteiger partial charge in [0.25, 0.3) is 5.91 Å². The zero-order valence-corrected chi connectivity index (χ0v) is 13.2. The molecule has 0 aliphatic carbocycles. The molecule has 0 aliphatic heterocycles. The van der Waals surface area contributed by atoms with Crippen LogP contribution in [0, 0.1) is 0 Å². The summed E-state index contributed by atoms with van der Waals surface area (Å²) in [6.07, 6.45) is 0.775. The van der Waals surface area contributed by atoms with E-state index in [2.05, 4.69) is 5.32 Å². The number of hydrogen-bond donors (Lipinski definition) is 1. The molecule has 5 nitrogen and oxygen atoms in total. The van der Waals surface area contributed by atoms with Crippen LogP contribution >= 0.6 is 0 Å². The summed E-state index contributed by atoms with van der Waals surface area (Å²) in [4.78, 5) is 24.0. The maximum absolute atomic E-state index is 12.2. The monoisotopic (exact) mass is 323 g/mol. The Morgan fingerprint density at radius 1 is 1.08 bits per heavy atom. The standard InChI is InChI=1S/C19H17NO4/c1-2-11-23-19(22)13-7-9-15(10-8-13)20-18(21)17-12-14-5-3-4-6-16(14)24-17/h3-10,12H,2,11H2,1H3,(H,20,21). The topological polar surface area (TPSA) is 68.5 Å². The molecule has 1 N–H and O–H groups in total. The van der Waals surface area contributed by atoms with Gasteiger partial charge in [-0.25, -0.2) is 4.79 Å². The van der Waals surface area contributed by atoms with Crippen molar-refractivity contribution in [3.63, 3.8) is 0 Å². The van der Waals surface area contributed by atoms with Crippen molar-refractivity contribution in [3.8, 4) is 0 Å². The van der Waals surface area contributed by atoms with Crippen LogP contribution in [0.15, 0.2) is 59.0 Å². The van der Waals surface area contributed by atoms with Gasteiger partial charge in [-0.15, -0.1) is 0 Å². The normalized spacial score (nSPS) is 10.5. The Morgan fingerprint density at radius 3 is 2.54 bits per heavy atom. The number of esters is 1. The number of carbonyl (C=O) groups is 2. The molecule has 1 heterocycles. The number of nitrogens with one attached hydrogen (secondary N) is 1. The second kappa shape index (κ2) is 7.00. The van der Waals surface area contributed by atoms with Gasteiger partial charge in [0, 0.05) is 11.1 Å². The molecule has 1 aromatic heterocycles. The van der Waals surface area contributed by atoms with Gasteiger partial charge in [0.2, 0.25) is 0 Å². The zero-order valence-electron chi connectivity index (χ0n) is 13.2. The zero-order chi connectivity index (χ0) is 16.9. The van der Waals surface area contributed by atoms with Gasteiger partial charge in [-0.1, -0.05) is 25.1 Å². The fourth-order valence-electron chi connectivity index (χ4n) is 2.25. The van der Waals surface area contributed by atoms with Gasteiger partial charge in [0.05, 0.1) is 12.2 Å². The lowest BCUT2D eigenvalue weighted by Gasteiger charge is -2.05. The fourth-order valence-corrected chi connectivity index (χ4v) is 2.25. The molecule has 0 unspecified atom stereocenters. The summed E-state index contributed by atoms with van der Waals surface area (Å²) in [5.41, 5.74) is 1.69. The van der Waals surface area contributed by atoms with Crippen molar-refractivity contribution >= 4 is 28.5 Å². The first-order chi connectivity index (χ1) is 11.7. The van der Waals surface area contributed by atoms with E-state index >= 15 is 0 Å². The van der Waals surface area contributed by atoms with E-state index in [1.54, 1.807) is 30.3 Å². The number of hydrogen-bond acceptors (Lipinski definition) is 4. The van der Waals surface area contributed by atoms with E-state index in [0.29, 0.717) is 23.4 Å². The van der Waals surface area contributed by atoms with Crippen molar-refractivity contribution in [3.05, 3.63) is 65.9 Å². The molecule has 3 rings (SSSR count). The predicted molar refractivity (Wildman–Crippen MR) is 91.2 cm³/mol. The average Bonchev–Trinajstić information content (AvgIpc) is 3.04. The highest BCUT2D eigenvalue weighted by Gasteiger charge is 2.13. The van der Waals surface area contributed by atoms with Crippen LogP contribution in [0.4, 0.5) is 5.69 Å². The van der Waals surface area contributed by atoms with Crippen LogP contribution in [0.2, 0.25) is 0 Å². The molecule has 2 aromatic carbocycles. The Balaban J connectivity index is 1.69. The molecule has 0 radical (unpaired) electrons. The first-order valence-corrected chi connectivity index (χ1v) is 7.74. The highest BCUT2D eigenvalue weighted by molar-refractivity contribution is 6.04. The lowest BCUT2D eigenvalue weighted by molar-refractivity contribution is 0.0505. The summed E-state index contributed by atoms with van der Waals surface area (Å²) in [5.74, 6) is -0.470. The number of anilines is 1. The minimum absolute atomic E-state index is 0.239. The van der Waals surface area contributed by atoms with Crippen molar-refractivity contribution in [2.45, 2.75) is 13.3 Å². The molecule has 0 fully saturated rings. The number of rotatable bonds is 5. The van der Waals surface area contributed by atoms with Gasteiger partial charge in [-0.3, -0.25) is 4.79 Å². The van der Waals surface area contributed by atoms with Crippen LogP contribution in [0.5, 0.6) is 0 Å². The molecule has 0 spiro atoms. The Hall–Kier alpha value is -3.08. The number of fused-ring (bicyclic) bond motifs is 1. The first-order valence-electron chi connectivity index (χ1n) is 7.74. The molecule has 0 saturated carbocycles. The van der Waals surface area contributed by atoms with E-state index in [9.17, 15) is 9.59 Å². The largest absolute Gasteiger partial charge is 0.462 e. The van der Waals surface area contributed by atoms with Crippen molar-refractivity contribution in [2.24, 2.45) is 0 Å². The maximum Gasteiger partial charge on any atom is 0.338 e. The summed E-state index contributed by atoms with van der Waals surface area (Å²) in [6.45, 7) is 2.33. The number of benzene rings is 2. The van der Waals surface area contributed by atoms with E-state index in [1.807, 2.05) is 31.2 Å². The molecule has 122 valence electrons. The summed E-state index contributed by atoms with van der Waals surface area (Å²) in [5, 5.41) is 3.62. The van der Waals surface area contributed by atoms with Gasteiger partial charge in [-0.05, 0) is 42.8 Å². The summed E-state index contributed by atoms with van der Waals surface area (Å²) in [6, 6.07) is 15.7. The smallest absolute Gasteiger partial charge is 0.338 e. The van der Waals surface area contributed by atoms with E-state index in [-0.39, 0.29) is 17.6 Å². The molecular weight excluding hydrogens is 306 g/mol. The van der Waals surface area contributed by atoms with Gasteiger partial charge >= 0.3 is 5.97 Å². The summed E-state index contributed by atoms with van der Waals surface area (Å²) < 4.78 is 10.6. The van der Waals surface area contributed by atoms with Crippen molar-refractivity contribution < 1.29 is 18.7 Å². The lowest BCUT2D eigenvalue weighted by atomic mass is 10.2. The Morgan fingerprint density at radius 2 is 1.83 bits per heavy atom. The Labute approximate surface area is 139 Å². The van der Waals surface area contributed by atoms with Gasteiger partial charge in [0.1, 0.15) is 5.58 Å². The molecule has 0 saturated heterocycles. The van der Waals surface area contributed by atoms with Crippen LogP contribution in [0.25, 0.3) is 11.0 Å². The highest BCUT2D eigenvalue weighted by atomic mass is 16.5. The quantitative estimate of drug-likeness (QED) is 0.713. The number of para-hydroxylation sites is 1. The predicted octanol–water partition coefficient (Wildman–Crippen LogP) is 4.25. The van der Waals surface area contributed by atoms with Crippen molar-refractivity contribution in [2.75, 3.05) is 11.9 Å². The summed E-state index contributed by atoms with van der Waals surface area (Å²) in [7, 11) is 0. The van der Waals surface area contributed by atoms with Crippen LogP contribution in [-0.4, -0.2) is 18.5 Å². The van der Waals surface area contributed by atoms with E-state index in [4.69, 9.17) is 9.15 Å². The molecular formula is C19H17NO4. The third kappa shape index (κ3) is 3.46. The Bertz CT molecular complexity index is 831. The summed E-state index contributed by atoms with van der Waals surface area (Å²) >= 11 is 0. The third-order valence-corrected chi connectivity index (χ3v) is 3.47. The van der Waals surface area contributed by atoms with Crippen LogP contribution in [0.1, 0.15) is 34.3 Å². The minimum atomic E-state index is -0.369. The number of furan rings is 1. The van der Waals surface area contributed by atoms with E-state index in [1.165, 1.54) is 0 Å². The number of ether oxygens (including phenoxy) is 1.